The Morgan fingerprint density at radius 2 is 2.08 bits per heavy atom. The number of azide groups is 1. The van der Waals surface area contributed by atoms with E-state index in [1.165, 1.54) is 0 Å². The summed E-state index contributed by atoms with van der Waals surface area (Å²) < 4.78 is 0. The summed E-state index contributed by atoms with van der Waals surface area (Å²) in [7, 11) is 0. The van der Waals surface area contributed by atoms with Crippen molar-refractivity contribution in [2.45, 2.75) is 20.3 Å². The lowest BCUT2D eigenvalue weighted by Gasteiger charge is -2.10. The second-order valence-corrected chi connectivity index (χ2v) is 3.11. The third kappa shape index (κ3) is 4.12. The molecule has 0 bridgehead atoms. The van der Waals surface area contributed by atoms with Crippen molar-refractivity contribution in [1.29, 1.82) is 0 Å². The van der Waals surface area contributed by atoms with E-state index in [-0.39, 0.29) is 5.92 Å². The van der Waals surface area contributed by atoms with Crippen molar-refractivity contribution in [3.05, 3.63) is 10.4 Å². The molecule has 1 unspecified atom stereocenters. The first kappa shape index (κ1) is 11.4. The quantitative estimate of drug-likeness (QED) is 0.304. The van der Waals surface area contributed by atoms with Crippen LogP contribution in [0.15, 0.2) is 5.11 Å². The Morgan fingerprint density at radius 1 is 1.54 bits per heavy atom. The SMILES string of the molecule is CC(C)CC(C(N)=O)C(=O)N=[N+]=[N-]. The van der Waals surface area contributed by atoms with Crippen LogP contribution in [0.3, 0.4) is 0 Å². The molecule has 0 aromatic carbocycles. The number of carbonyl (C=O) groups is 2. The van der Waals surface area contributed by atoms with Gasteiger partial charge in [-0.2, -0.15) is 0 Å². The lowest BCUT2D eigenvalue weighted by atomic mass is 9.96. The zero-order valence-electron chi connectivity index (χ0n) is 7.60. The topological polar surface area (TPSA) is 109 Å². The van der Waals surface area contributed by atoms with E-state index >= 15 is 0 Å². The molecule has 0 radical (unpaired) electrons. The number of hydrogen-bond acceptors (Lipinski definition) is 2. The average Bonchev–Trinajstić information content (AvgIpc) is 1.99. The van der Waals surface area contributed by atoms with Gasteiger partial charge in [-0.1, -0.05) is 13.8 Å². The van der Waals surface area contributed by atoms with Gasteiger partial charge in [0.15, 0.2) is 0 Å². The van der Waals surface area contributed by atoms with Crippen LogP contribution in [0, 0.1) is 11.8 Å². The van der Waals surface area contributed by atoms with Gasteiger partial charge >= 0.3 is 0 Å². The zero-order valence-corrected chi connectivity index (χ0v) is 7.60. The minimum atomic E-state index is -0.990. The maximum atomic E-state index is 11.0. The van der Waals surface area contributed by atoms with Gasteiger partial charge in [-0.05, 0) is 23.0 Å². The summed E-state index contributed by atoms with van der Waals surface area (Å²) in [5, 5.41) is 2.84. The summed E-state index contributed by atoms with van der Waals surface area (Å²) in [6, 6.07) is 0. The maximum Gasteiger partial charge on any atom is 0.231 e. The smallest absolute Gasteiger partial charge is 0.231 e. The van der Waals surface area contributed by atoms with Crippen molar-refractivity contribution < 1.29 is 9.59 Å². The van der Waals surface area contributed by atoms with Crippen LogP contribution in [0.1, 0.15) is 20.3 Å². The molecule has 0 saturated carbocycles. The Balaban J connectivity index is 4.51. The first-order chi connectivity index (χ1) is 5.99. The van der Waals surface area contributed by atoms with Crippen molar-refractivity contribution in [2.75, 3.05) is 0 Å². The monoisotopic (exact) mass is 184 g/mol. The van der Waals surface area contributed by atoms with Crippen molar-refractivity contribution in [3.8, 4) is 0 Å². The molecular weight excluding hydrogens is 172 g/mol. The Kier molecular flexibility index (Phi) is 4.54. The summed E-state index contributed by atoms with van der Waals surface area (Å²) in [5.74, 6) is -2.39. The molecule has 0 heterocycles. The Hall–Kier alpha value is -1.55. The molecule has 0 rings (SSSR count). The summed E-state index contributed by atoms with van der Waals surface area (Å²) in [5.41, 5.74) is 13.0. The number of rotatable bonds is 4. The molecule has 0 aliphatic heterocycles. The number of carbonyl (C=O) groups excluding carboxylic acids is 2. The Morgan fingerprint density at radius 3 is 2.38 bits per heavy atom. The van der Waals surface area contributed by atoms with E-state index in [0.29, 0.717) is 6.42 Å². The van der Waals surface area contributed by atoms with E-state index in [1.807, 2.05) is 13.8 Å². The zero-order chi connectivity index (χ0) is 10.4. The first-order valence-corrected chi connectivity index (χ1v) is 3.87. The van der Waals surface area contributed by atoms with Crippen LogP contribution in [0.25, 0.3) is 10.4 Å². The third-order valence-corrected chi connectivity index (χ3v) is 1.49. The molecule has 1 atom stereocenters. The summed E-state index contributed by atoms with van der Waals surface area (Å²) in [6.45, 7) is 3.69. The minimum absolute atomic E-state index is 0.148. The molecule has 0 spiro atoms. The van der Waals surface area contributed by atoms with Gasteiger partial charge < -0.3 is 5.73 Å². The highest BCUT2D eigenvalue weighted by Gasteiger charge is 2.23. The molecule has 0 fully saturated rings. The summed E-state index contributed by atoms with van der Waals surface area (Å²) in [6.07, 6.45) is 0.313. The van der Waals surface area contributed by atoms with Crippen LogP contribution < -0.4 is 5.73 Å². The third-order valence-electron chi connectivity index (χ3n) is 1.49. The largest absolute Gasteiger partial charge is 0.369 e. The Bertz CT molecular complexity index is 255. The minimum Gasteiger partial charge on any atom is -0.369 e. The van der Waals surface area contributed by atoms with Crippen LogP contribution in [0.2, 0.25) is 0 Å². The van der Waals surface area contributed by atoms with E-state index < -0.39 is 17.7 Å². The first-order valence-electron chi connectivity index (χ1n) is 3.87. The van der Waals surface area contributed by atoms with Crippen LogP contribution in [-0.4, -0.2) is 11.8 Å². The van der Waals surface area contributed by atoms with Crippen molar-refractivity contribution >= 4 is 11.8 Å². The molecule has 0 aliphatic carbocycles. The van der Waals surface area contributed by atoms with Gasteiger partial charge in [0, 0.05) is 4.91 Å². The highest BCUT2D eigenvalue weighted by atomic mass is 16.2. The summed E-state index contributed by atoms with van der Waals surface area (Å²) >= 11 is 0. The molecular formula is C7H12N4O2. The predicted molar refractivity (Wildman–Crippen MR) is 46.3 cm³/mol. The summed E-state index contributed by atoms with van der Waals surface area (Å²) in [4.78, 5) is 24.1. The normalized spacial score (nSPS) is 11.9. The molecule has 6 heteroatoms. The van der Waals surface area contributed by atoms with Crippen LogP contribution in [0.4, 0.5) is 0 Å². The van der Waals surface area contributed by atoms with Gasteiger partial charge in [-0.3, -0.25) is 9.59 Å². The fourth-order valence-electron chi connectivity index (χ4n) is 0.924. The highest BCUT2D eigenvalue weighted by molar-refractivity contribution is 5.99. The van der Waals surface area contributed by atoms with E-state index in [0.717, 1.165) is 0 Å². The second kappa shape index (κ2) is 5.16. The predicted octanol–water partition coefficient (Wildman–Crippen LogP) is 0.971. The van der Waals surface area contributed by atoms with Crippen molar-refractivity contribution in [1.82, 2.24) is 0 Å². The molecule has 72 valence electrons. The standard InChI is InChI=1S/C7H12N4O2/c1-4(2)3-5(6(8)12)7(13)10-11-9/h4-5H,3H2,1-2H3,(H2,8,12). The van der Waals surface area contributed by atoms with Crippen LogP contribution in [-0.2, 0) is 9.59 Å². The molecule has 0 saturated heterocycles. The van der Waals surface area contributed by atoms with E-state index in [2.05, 4.69) is 10.0 Å². The maximum absolute atomic E-state index is 11.0. The molecule has 2 N–H and O–H groups in total. The molecule has 13 heavy (non-hydrogen) atoms. The van der Waals surface area contributed by atoms with Gasteiger partial charge in [0.2, 0.25) is 11.8 Å². The average molecular weight is 184 g/mol. The lowest BCUT2D eigenvalue weighted by Crippen LogP contribution is -2.30. The highest BCUT2D eigenvalue weighted by Crippen LogP contribution is 2.12. The number of nitrogens with two attached hydrogens (primary N) is 1. The molecule has 0 aromatic heterocycles. The number of primary amides is 1. The van der Waals surface area contributed by atoms with Gasteiger partial charge in [-0.15, -0.1) is 0 Å². The van der Waals surface area contributed by atoms with Crippen molar-refractivity contribution in [2.24, 2.45) is 22.7 Å². The lowest BCUT2D eigenvalue weighted by molar-refractivity contribution is -0.132. The fourth-order valence-corrected chi connectivity index (χ4v) is 0.924. The molecule has 0 aliphatic rings. The van der Waals surface area contributed by atoms with Gasteiger partial charge in [-0.25, -0.2) is 0 Å². The molecule has 6 nitrogen and oxygen atoms in total. The second-order valence-electron chi connectivity index (χ2n) is 3.11. The van der Waals surface area contributed by atoms with Crippen LogP contribution in [0.5, 0.6) is 0 Å². The molecule has 0 aromatic rings. The number of hydrogen-bond donors (Lipinski definition) is 1. The Labute approximate surface area is 75.7 Å². The van der Waals surface area contributed by atoms with Gasteiger partial charge in [0.25, 0.3) is 0 Å². The van der Waals surface area contributed by atoms with E-state index in [1.54, 1.807) is 0 Å². The van der Waals surface area contributed by atoms with Gasteiger partial charge in [0.1, 0.15) is 5.92 Å². The van der Waals surface area contributed by atoms with E-state index in [9.17, 15) is 9.59 Å². The number of nitrogens with zero attached hydrogens (tertiary/aromatic N) is 3. The van der Waals surface area contributed by atoms with Crippen LogP contribution >= 0.6 is 0 Å². The fraction of sp³-hybridized carbons (Fsp3) is 0.714. The molecule has 2 amide bonds. The van der Waals surface area contributed by atoms with E-state index in [4.69, 9.17) is 11.3 Å². The van der Waals surface area contributed by atoms with Gasteiger partial charge in [0.05, 0.1) is 0 Å². The number of amides is 2. The van der Waals surface area contributed by atoms with Crippen molar-refractivity contribution in [3.63, 3.8) is 0 Å².